The molecule has 1 atom stereocenters. The van der Waals surface area contributed by atoms with Crippen LogP contribution in [0.1, 0.15) is 12.0 Å². The van der Waals surface area contributed by atoms with Crippen molar-refractivity contribution in [1.82, 2.24) is 14.9 Å². The largest absolute Gasteiger partial charge is 0.486 e. The molecule has 0 unspecified atom stereocenters. The molecule has 2 N–H and O–H groups in total. The highest BCUT2D eigenvalue weighted by Crippen LogP contribution is 2.35. The number of nitrogens with zero attached hydrogens (tertiary/aromatic N) is 3. The van der Waals surface area contributed by atoms with Gasteiger partial charge in [-0.15, -0.1) is 6.42 Å². The lowest BCUT2D eigenvalue weighted by Gasteiger charge is -2.17. The summed E-state index contributed by atoms with van der Waals surface area (Å²) in [5.74, 6) is 3.38. The number of anilines is 3. The summed E-state index contributed by atoms with van der Waals surface area (Å²) in [7, 11) is 3.87. The second-order valence-corrected chi connectivity index (χ2v) is 8.72. The Morgan fingerprint density at radius 1 is 1.34 bits per heavy atom. The first-order chi connectivity index (χ1) is 16.9. The highest BCUT2D eigenvalue weighted by molar-refractivity contribution is 6.31. The molecule has 0 radical (unpaired) electrons. The molecule has 0 spiro atoms. The van der Waals surface area contributed by atoms with Gasteiger partial charge in [0.25, 0.3) is 0 Å². The molecule has 3 aromatic rings. The van der Waals surface area contributed by atoms with Gasteiger partial charge in [0, 0.05) is 41.7 Å². The van der Waals surface area contributed by atoms with Gasteiger partial charge in [-0.2, -0.15) is 0 Å². The molecule has 1 saturated heterocycles. The van der Waals surface area contributed by atoms with E-state index in [2.05, 4.69) is 26.5 Å². The smallest absolute Gasteiger partial charge is 0.248 e. The van der Waals surface area contributed by atoms with E-state index in [1.165, 1.54) is 12.4 Å². The predicted molar refractivity (Wildman–Crippen MR) is 138 cm³/mol. The fourth-order valence-corrected chi connectivity index (χ4v) is 3.73. The maximum absolute atomic E-state index is 12.6. The quantitative estimate of drug-likeness (QED) is 0.360. The van der Waals surface area contributed by atoms with Gasteiger partial charge in [0.2, 0.25) is 5.91 Å². The van der Waals surface area contributed by atoms with E-state index in [-0.39, 0.29) is 12.0 Å². The van der Waals surface area contributed by atoms with Crippen LogP contribution in [-0.2, 0) is 9.53 Å². The van der Waals surface area contributed by atoms with Gasteiger partial charge in [0.15, 0.2) is 0 Å². The van der Waals surface area contributed by atoms with Crippen molar-refractivity contribution in [2.75, 3.05) is 44.5 Å². The first kappa shape index (κ1) is 24.5. The van der Waals surface area contributed by atoms with E-state index >= 15 is 0 Å². The van der Waals surface area contributed by atoms with E-state index in [1.54, 1.807) is 30.3 Å². The topological polar surface area (TPSA) is 88.6 Å². The Kier molecular flexibility index (Phi) is 7.83. The molecule has 1 amide bonds. The summed E-state index contributed by atoms with van der Waals surface area (Å²) >= 11 is 6.14. The van der Waals surface area contributed by atoms with Crippen molar-refractivity contribution in [2.24, 2.45) is 0 Å². The monoisotopic (exact) mass is 491 g/mol. The van der Waals surface area contributed by atoms with Crippen LogP contribution in [0, 0.1) is 12.3 Å². The number of carbonyl (C=O) groups excluding carboxylic acids is 1. The minimum Gasteiger partial charge on any atom is -0.486 e. The van der Waals surface area contributed by atoms with Gasteiger partial charge in [-0.05, 0) is 38.4 Å². The van der Waals surface area contributed by atoms with Crippen molar-refractivity contribution in [1.29, 1.82) is 0 Å². The molecule has 1 aromatic heterocycles. The van der Waals surface area contributed by atoms with Crippen LogP contribution in [0.2, 0.25) is 5.02 Å². The number of amides is 1. The average Bonchev–Trinajstić information content (AvgIpc) is 3.34. The lowest BCUT2D eigenvalue weighted by molar-refractivity contribution is -0.111. The number of rotatable bonds is 8. The van der Waals surface area contributed by atoms with Crippen LogP contribution in [0.3, 0.4) is 0 Å². The summed E-state index contributed by atoms with van der Waals surface area (Å²) in [5, 5.41) is 7.40. The summed E-state index contributed by atoms with van der Waals surface area (Å²) in [6.07, 6.45) is 11.0. The number of fused-ring (bicyclic) bond motifs is 1. The number of aromatic nitrogens is 2. The summed E-state index contributed by atoms with van der Waals surface area (Å²) in [5.41, 5.74) is 2.47. The number of ether oxygens (including phenoxy) is 2. The molecule has 2 aromatic carbocycles. The Labute approximate surface area is 209 Å². The second-order valence-electron chi connectivity index (χ2n) is 8.31. The highest BCUT2D eigenvalue weighted by Gasteiger charge is 2.20. The van der Waals surface area contributed by atoms with E-state index in [0.717, 1.165) is 12.1 Å². The second kappa shape index (κ2) is 11.2. The number of terminal acetylenes is 1. The Bertz CT molecular complexity index is 1300. The Morgan fingerprint density at radius 3 is 2.94 bits per heavy atom. The molecule has 1 aliphatic rings. The molecular weight excluding hydrogens is 466 g/mol. The molecule has 0 saturated carbocycles. The van der Waals surface area contributed by atoms with Gasteiger partial charge in [0.05, 0.1) is 29.4 Å². The van der Waals surface area contributed by atoms with Crippen LogP contribution in [0.4, 0.5) is 17.2 Å². The van der Waals surface area contributed by atoms with Crippen LogP contribution < -0.4 is 15.4 Å². The standard InChI is InChI=1S/C26H26ClN5O3/c1-4-17-12-18(7-8-21(17)27)30-26-20-13-23(31-25(33)6-5-10-32(2)3)24(14-22(20)28-16-29-26)35-19-9-11-34-15-19/h1,5-8,12-14,16,19H,9-11,15H2,2-3H3,(H,31,33)(H,28,29,30)/t19-/m0/s1. The van der Waals surface area contributed by atoms with Crippen LogP contribution in [0.25, 0.3) is 10.9 Å². The minimum absolute atomic E-state index is 0.0944. The van der Waals surface area contributed by atoms with Crippen LogP contribution >= 0.6 is 11.6 Å². The zero-order valence-electron chi connectivity index (χ0n) is 19.5. The molecule has 1 aliphatic heterocycles. The van der Waals surface area contributed by atoms with Crippen molar-refractivity contribution in [2.45, 2.75) is 12.5 Å². The fraction of sp³-hybridized carbons (Fsp3) is 0.269. The molecule has 0 aliphatic carbocycles. The molecule has 9 heteroatoms. The number of nitrogens with one attached hydrogen (secondary N) is 2. The predicted octanol–water partition coefficient (Wildman–Crippen LogP) is 4.23. The third-order valence-corrected chi connectivity index (χ3v) is 5.63. The maximum Gasteiger partial charge on any atom is 0.248 e. The zero-order chi connectivity index (χ0) is 24.8. The van der Waals surface area contributed by atoms with Crippen molar-refractivity contribution in [3.05, 3.63) is 59.4 Å². The first-order valence-corrected chi connectivity index (χ1v) is 11.5. The average molecular weight is 492 g/mol. The number of likely N-dealkylation sites (N-methyl/N-ethyl adjacent to an activating group) is 1. The van der Waals surface area contributed by atoms with Crippen LogP contribution in [-0.4, -0.2) is 60.7 Å². The van der Waals surface area contributed by atoms with Crippen molar-refractivity contribution in [3.63, 3.8) is 0 Å². The summed E-state index contributed by atoms with van der Waals surface area (Å²) in [6, 6.07) is 8.91. The molecule has 2 heterocycles. The van der Waals surface area contributed by atoms with Gasteiger partial charge in [-0.3, -0.25) is 4.79 Å². The minimum atomic E-state index is -0.263. The van der Waals surface area contributed by atoms with Crippen LogP contribution in [0.5, 0.6) is 5.75 Å². The lowest BCUT2D eigenvalue weighted by atomic mass is 10.1. The van der Waals surface area contributed by atoms with E-state index in [9.17, 15) is 4.79 Å². The van der Waals surface area contributed by atoms with E-state index in [1.807, 2.05) is 25.1 Å². The van der Waals surface area contributed by atoms with Gasteiger partial charge in [0.1, 0.15) is 24.0 Å². The molecule has 1 fully saturated rings. The molecule has 4 rings (SSSR count). The van der Waals surface area contributed by atoms with Crippen molar-refractivity contribution in [3.8, 4) is 18.1 Å². The van der Waals surface area contributed by atoms with E-state index < -0.39 is 0 Å². The first-order valence-electron chi connectivity index (χ1n) is 11.1. The highest BCUT2D eigenvalue weighted by atomic mass is 35.5. The summed E-state index contributed by atoms with van der Waals surface area (Å²) < 4.78 is 11.6. The Hall–Kier alpha value is -3.64. The SMILES string of the molecule is C#Cc1cc(Nc2ncnc3cc(O[C@H]4CCOC4)c(NC(=O)C=CCN(C)C)cc23)ccc1Cl. The number of carbonyl (C=O) groups is 1. The summed E-state index contributed by atoms with van der Waals surface area (Å²) in [6.45, 7) is 1.79. The number of halogens is 1. The number of hydrogen-bond donors (Lipinski definition) is 2. The van der Waals surface area contributed by atoms with Crippen molar-refractivity contribution < 1.29 is 14.3 Å². The van der Waals surface area contributed by atoms with Gasteiger partial charge in [-0.1, -0.05) is 23.6 Å². The third-order valence-electron chi connectivity index (χ3n) is 5.30. The Balaban J connectivity index is 1.69. The molecule has 180 valence electrons. The molecule has 35 heavy (non-hydrogen) atoms. The molecular formula is C26H26ClN5O3. The van der Waals surface area contributed by atoms with Gasteiger partial charge < -0.3 is 25.0 Å². The summed E-state index contributed by atoms with van der Waals surface area (Å²) in [4.78, 5) is 23.4. The zero-order valence-corrected chi connectivity index (χ0v) is 20.3. The van der Waals surface area contributed by atoms with Crippen molar-refractivity contribution >= 4 is 45.6 Å². The van der Waals surface area contributed by atoms with E-state index in [0.29, 0.717) is 58.5 Å². The van der Waals surface area contributed by atoms with Gasteiger partial charge >= 0.3 is 0 Å². The van der Waals surface area contributed by atoms with E-state index in [4.69, 9.17) is 27.5 Å². The normalized spacial score (nSPS) is 15.5. The lowest BCUT2D eigenvalue weighted by Crippen LogP contribution is -2.18. The molecule has 8 nitrogen and oxygen atoms in total. The number of hydrogen-bond acceptors (Lipinski definition) is 7. The number of benzene rings is 2. The van der Waals surface area contributed by atoms with Gasteiger partial charge in [-0.25, -0.2) is 9.97 Å². The third kappa shape index (κ3) is 6.28. The fourth-order valence-electron chi connectivity index (χ4n) is 3.56. The Morgan fingerprint density at radius 2 is 2.20 bits per heavy atom. The molecule has 0 bridgehead atoms. The maximum atomic E-state index is 12.6. The van der Waals surface area contributed by atoms with Crippen LogP contribution in [0.15, 0.2) is 48.8 Å².